The molecule has 0 heterocycles. The molecule has 0 N–H and O–H groups in total. The molecule has 1 aromatic rings. The summed E-state index contributed by atoms with van der Waals surface area (Å²) in [4.78, 5) is 0. The Morgan fingerprint density at radius 2 is 1.89 bits per heavy atom. The minimum atomic E-state index is -0.181. The molecule has 1 aromatic carbocycles. The molecule has 18 heavy (non-hydrogen) atoms. The van der Waals surface area contributed by atoms with Gasteiger partial charge in [0.15, 0.2) is 0 Å². The van der Waals surface area contributed by atoms with Gasteiger partial charge in [-0.1, -0.05) is 44.2 Å². The van der Waals surface area contributed by atoms with Crippen LogP contribution in [0.4, 0.5) is 0 Å². The van der Waals surface area contributed by atoms with E-state index < -0.39 is 0 Å². The van der Waals surface area contributed by atoms with E-state index in [0.717, 1.165) is 11.1 Å². The normalized spacial score (nSPS) is 12.0. The van der Waals surface area contributed by atoms with Gasteiger partial charge in [0, 0.05) is 16.7 Å². The SMILES string of the molecule is C=C=C(C)C(C)(C)/C=N/N=C/c1ccc(Cl)cc1. The maximum absolute atomic E-state index is 5.79. The minimum absolute atomic E-state index is 0.181. The second kappa shape index (κ2) is 6.34. The molecule has 0 aliphatic heterocycles. The van der Waals surface area contributed by atoms with E-state index in [0.29, 0.717) is 5.02 Å². The smallest absolute Gasteiger partial charge is 0.0567 e. The summed E-state index contributed by atoms with van der Waals surface area (Å²) in [5, 5.41) is 8.78. The van der Waals surface area contributed by atoms with Crippen molar-refractivity contribution in [3.8, 4) is 0 Å². The fourth-order valence-corrected chi connectivity index (χ4v) is 1.28. The first-order valence-corrected chi connectivity index (χ1v) is 6.04. The molecule has 2 nitrogen and oxygen atoms in total. The molecular weight excluding hydrogens is 244 g/mol. The summed E-state index contributed by atoms with van der Waals surface area (Å²) >= 11 is 5.79. The van der Waals surface area contributed by atoms with Crippen molar-refractivity contribution in [3.05, 3.63) is 52.7 Å². The highest BCUT2D eigenvalue weighted by atomic mass is 35.5. The molecule has 0 aliphatic rings. The minimum Gasteiger partial charge on any atom is -0.163 e. The second-order valence-corrected chi connectivity index (χ2v) is 5.00. The molecule has 0 saturated carbocycles. The van der Waals surface area contributed by atoms with Gasteiger partial charge in [0.1, 0.15) is 0 Å². The molecule has 0 fully saturated rings. The maximum Gasteiger partial charge on any atom is 0.0567 e. The highest BCUT2D eigenvalue weighted by Crippen LogP contribution is 2.21. The lowest BCUT2D eigenvalue weighted by atomic mass is 9.87. The van der Waals surface area contributed by atoms with Crippen molar-refractivity contribution in [3.63, 3.8) is 0 Å². The van der Waals surface area contributed by atoms with Gasteiger partial charge in [-0.3, -0.25) is 0 Å². The van der Waals surface area contributed by atoms with E-state index in [1.807, 2.05) is 45.0 Å². The Morgan fingerprint density at radius 1 is 1.28 bits per heavy atom. The fraction of sp³-hybridized carbons (Fsp3) is 0.267. The fourth-order valence-electron chi connectivity index (χ4n) is 1.15. The third kappa shape index (κ3) is 4.33. The summed E-state index contributed by atoms with van der Waals surface area (Å²) in [5.74, 6) is 0. The van der Waals surface area contributed by atoms with Gasteiger partial charge >= 0.3 is 0 Å². The Bertz CT molecular complexity index is 504. The molecule has 0 atom stereocenters. The maximum atomic E-state index is 5.79. The summed E-state index contributed by atoms with van der Waals surface area (Å²) in [5.41, 5.74) is 4.70. The zero-order valence-corrected chi connectivity index (χ0v) is 11.7. The van der Waals surface area contributed by atoms with E-state index in [1.54, 1.807) is 12.4 Å². The van der Waals surface area contributed by atoms with Crippen LogP contribution in [0, 0.1) is 5.41 Å². The summed E-state index contributed by atoms with van der Waals surface area (Å²) in [6.07, 6.45) is 3.47. The summed E-state index contributed by atoms with van der Waals surface area (Å²) < 4.78 is 0. The van der Waals surface area contributed by atoms with E-state index in [9.17, 15) is 0 Å². The molecule has 0 spiro atoms. The topological polar surface area (TPSA) is 24.7 Å². The van der Waals surface area contributed by atoms with Gasteiger partial charge in [0.25, 0.3) is 0 Å². The second-order valence-electron chi connectivity index (χ2n) is 4.56. The van der Waals surface area contributed by atoms with Crippen LogP contribution in [0.3, 0.4) is 0 Å². The number of nitrogens with zero attached hydrogens (tertiary/aromatic N) is 2. The molecule has 0 unspecified atom stereocenters. The standard InChI is InChI=1S/C15H17ClN2/c1-5-12(2)15(3,4)11-18-17-10-13-6-8-14(16)9-7-13/h6-11H,1H2,2-4H3/b17-10+,18-11+. The molecule has 3 heteroatoms. The first kappa shape index (κ1) is 14.4. The van der Waals surface area contributed by atoms with Gasteiger partial charge in [-0.15, -0.1) is 5.73 Å². The van der Waals surface area contributed by atoms with Crippen LogP contribution in [-0.4, -0.2) is 12.4 Å². The molecule has 1 rings (SSSR count). The van der Waals surface area contributed by atoms with Crippen molar-refractivity contribution in [2.24, 2.45) is 15.6 Å². The number of allylic oxidation sites excluding steroid dienone is 1. The Morgan fingerprint density at radius 3 is 2.44 bits per heavy atom. The molecule has 0 saturated heterocycles. The molecule has 0 amide bonds. The van der Waals surface area contributed by atoms with Gasteiger partial charge in [-0.2, -0.15) is 10.2 Å². The van der Waals surface area contributed by atoms with Crippen molar-refractivity contribution in [1.29, 1.82) is 0 Å². The largest absolute Gasteiger partial charge is 0.163 e. The molecule has 94 valence electrons. The highest BCUT2D eigenvalue weighted by molar-refractivity contribution is 6.30. The highest BCUT2D eigenvalue weighted by Gasteiger charge is 2.16. The van der Waals surface area contributed by atoms with Crippen LogP contribution in [0.5, 0.6) is 0 Å². The third-order valence-electron chi connectivity index (χ3n) is 2.76. The number of hydrogen-bond donors (Lipinski definition) is 0. The first-order chi connectivity index (χ1) is 8.45. The summed E-state index contributed by atoms with van der Waals surface area (Å²) in [6, 6.07) is 7.42. The summed E-state index contributed by atoms with van der Waals surface area (Å²) in [7, 11) is 0. The monoisotopic (exact) mass is 260 g/mol. The van der Waals surface area contributed by atoms with Crippen LogP contribution in [0.2, 0.25) is 5.02 Å². The predicted molar refractivity (Wildman–Crippen MR) is 79.6 cm³/mol. The molecule has 0 aromatic heterocycles. The van der Waals surface area contributed by atoms with Crippen molar-refractivity contribution < 1.29 is 0 Å². The van der Waals surface area contributed by atoms with E-state index in [-0.39, 0.29) is 5.41 Å². The Hall–Kier alpha value is -1.63. The van der Waals surface area contributed by atoms with Gasteiger partial charge in [-0.25, -0.2) is 0 Å². The Kier molecular flexibility index (Phi) is 5.08. The number of benzene rings is 1. The van der Waals surface area contributed by atoms with Crippen molar-refractivity contribution >= 4 is 24.0 Å². The van der Waals surface area contributed by atoms with Gasteiger partial charge in [0.2, 0.25) is 0 Å². The number of halogens is 1. The zero-order valence-electron chi connectivity index (χ0n) is 10.9. The molecular formula is C15H17ClN2. The average molecular weight is 261 g/mol. The first-order valence-electron chi connectivity index (χ1n) is 5.66. The van der Waals surface area contributed by atoms with Crippen LogP contribution in [0.15, 0.2) is 52.4 Å². The number of rotatable bonds is 4. The summed E-state index contributed by atoms with van der Waals surface area (Å²) in [6.45, 7) is 9.70. The quantitative estimate of drug-likeness (QED) is 0.433. The van der Waals surface area contributed by atoms with E-state index in [2.05, 4.69) is 22.5 Å². The molecule has 0 radical (unpaired) electrons. The van der Waals surface area contributed by atoms with Gasteiger partial charge < -0.3 is 0 Å². The molecule has 0 aliphatic carbocycles. The van der Waals surface area contributed by atoms with Crippen LogP contribution >= 0.6 is 11.6 Å². The van der Waals surface area contributed by atoms with E-state index in [4.69, 9.17) is 11.6 Å². The lowest BCUT2D eigenvalue weighted by Gasteiger charge is -2.17. The lowest BCUT2D eigenvalue weighted by molar-refractivity contribution is 0.642. The van der Waals surface area contributed by atoms with Gasteiger partial charge in [-0.05, 0) is 30.2 Å². The lowest BCUT2D eigenvalue weighted by Crippen LogP contribution is -2.13. The zero-order chi connectivity index (χ0) is 13.6. The van der Waals surface area contributed by atoms with E-state index in [1.165, 1.54) is 0 Å². The Labute approximate surface area is 113 Å². The number of hydrogen-bond acceptors (Lipinski definition) is 2. The van der Waals surface area contributed by atoms with Gasteiger partial charge in [0.05, 0.1) is 6.21 Å². The molecule has 0 bridgehead atoms. The van der Waals surface area contributed by atoms with Crippen LogP contribution in [0.1, 0.15) is 26.3 Å². The van der Waals surface area contributed by atoms with Crippen LogP contribution in [-0.2, 0) is 0 Å². The average Bonchev–Trinajstić information content (AvgIpc) is 2.35. The van der Waals surface area contributed by atoms with Crippen molar-refractivity contribution in [1.82, 2.24) is 0 Å². The Balaban J connectivity index is 2.70. The van der Waals surface area contributed by atoms with Crippen molar-refractivity contribution in [2.75, 3.05) is 0 Å². The van der Waals surface area contributed by atoms with E-state index >= 15 is 0 Å². The van der Waals surface area contributed by atoms with Crippen molar-refractivity contribution in [2.45, 2.75) is 20.8 Å². The third-order valence-corrected chi connectivity index (χ3v) is 3.01. The predicted octanol–water partition coefficient (Wildman–Crippen LogP) is 4.50. The van der Waals surface area contributed by atoms with Crippen LogP contribution < -0.4 is 0 Å². The van der Waals surface area contributed by atoms with Crippen LogP contribution in [0.25, 0.3) is 0 Å².